The Morgan fingerprint density at radius 1 is 1.42 bits per heavy atom. The van der Waals surface area contributed by atoms with Gasteiger partial charge in [-0.3, -0.25) is 0 Å². The molecule has 0 aliphatic carbocycles. The topological polar surface area (TPSA) is 70.2 Å². The number of H-pyrrole nitrogens is 1. The lowest BCUT2D eigenvalue weighted by Gasteiger charge is -2.26. The molecule has 2 heterocycles. The number of rotatable bonds is 5. The summed E-state index contributed by atoms with van der Waals surface area (Å²) < 4.78 is 5.48. The first kappa shape index (κ1) is 12.4. The van der Waals surface area contributed by atoms with Gasteiger partial charge in [-0.2, -0.15) is 0 Å². The van der Waals surface area contributed by atoms with E-state index in [-0.39, 0.29) is 12.0 Å². The van der Waals surface area contributed by atoms with Gasteiger partial charge in [0.25, 0.3) is 0 Å². The van der Waals surface area contributed by atoms with E-state index in [4.69, 9.17) is 4.74 Å². The molecule has 0 bridgehead atoms. The van der Waals surface area contributed by atoms with Crippen molar-refractivity contribution in [3.63, 3.8) is 0 Å². The van der Waals surface area contributed by atoms with Crippen LogP contribution in [0.4, 0.5) is 5.95 Å². The largest absolute Gasteiger partial charge is 0.396 e. The fraction of sp³-hybridized carbons (Fsp3) is 0.500. The Kier molecular flexibility index (Phi) is 3.40. The van der Waals surface area contributed by atoms with Crippen molar-refractivity contribution in [2.24, 2.45) is 5.41 Å². The lowest BCUT2D eigenvalue weighted by atomic mass is 9.84. The van der Waals surface area contributed by atoms with Gasteiger partial charge in [-0.1, -0.05) is 12.1 Å². The maximum absolute atomic E-state index is 9.20. The van der Waals surface area contributed by atoms with E-state index in [2.05, 4.69) is 15.3 Å². The number of anilines is 1. The average molecular weight is 261 g/mol. The first-order chi connectivity index (χ1) is 9.31. The molecule has 1 fully saturated rings. The maximum Gasteiger partial charge on any atom is 0.201 e. The van der Waals surface area contributed by atoms with Crippen molar-refractivity contribution in [2.45, 2.75) is 12.8 Å². The van der Waals surface area contributed by atoms with Crippen molar-refractivity contribution in [1.29, 1.82) is 0 Å². The Morgan fingerprint density at radius 3 is 3.05 bits per heavy atom. The van der Waals surface area contributed by atoms with E-state index in [0.717, 1.165) is 43.0 Å². The summed E-state index contributed by atoms with van der Waals surface area (Å²) in [6.45, 7) is 2.46. The number of ether oxygens (including phenoxy) is 1. The molecular formula is C14H19N3O2. The normalized spacial score (nSPS) is 23.0. The molecule has 1 aliphatic heterocycles. The van der Waals surface area contributed by atoms with E-state index < -0.39 is 0 Å². The molecule has 102 valence electrons. The Morgan fingerprint density at radius 2 is 2.32 bits per heavy atom. The van der Waals surface area contributed by atoms with Crippen molar-refractivity contribution in [1.82, 2.24) is 9.97 Å². The molecule has 1 aliphatic rings. The van der Waals surface area contributed by atoms with Gasteiger partial charge in [0.15, 0.2) is 0 Å². The van der Waals surface area contributed by atoms with E-state index in [1.165, 1.54) is 0 Å². The summed E-state index contributed by atoms with van der Waals surface area (Å²) in [5.74, 6) is 0.783. The summed E-state index contributed by atoms with van der Waals surface area (Å²) in [5, 5.41) is 12.5. The number of nitrogens with zero attached hydrogens (tertiary/aromatic N) is 1. The minimum Gasteiger partial charge on any atom is -0.396 e. The first-order valence-corrected chi connectivity index (χ1v) is 6.69. The third-order valence-corrected chi connectivity index (χ3v) is 3.85. The van der Waals surface area contributed by atoms with Crippen LogP contribution < -0.4 is 5.32 Å². The summed E-state index contributed by atoms with van der Waals surface area (Å²) >= 11 is 0. The lowest BCUT2D eigenvalue weighted by molar-refractivity contribution is 0.133. The second-order valence-electron chi connectivity index (χ2n) is 5.23. The predicted octanol–water partition coefficient (Wildman–Crippen LogP) is 1.76. The molecule has 1 saturated heterocycles. The summed E-state index contributed by atoms with van der Waals surface area (Å²) in [6.07, 6.45) is 1.75. The molecule has 1 unspecified atom stereocenters. The molecule has 5 nitrogen and oxygen atoms in total. The number of aliphatic hydroxyl groups is 1. The van der Waals surface area contributed by atoms with Crippen LogP contribution >= 0.6 is 0 Å². The predicted molar refractivity (Wildman–Crippen MR) is 74.2 cm³/mol. The SMILES string of the molecule is OCCC1(CNc2nc3ccccc3[nH]2)CCOC1. The number of hydrogen-bond donors (Lipinski definition) is 3. The molecule has 0 amide bonds. The monoisotopic (exact) mass is 261 g/mol. The van der Waals surface area contributed by atoms with E-state index >= 15 is 0 Å². The molecule has 19 heavy (non-hydrogen) atoms. The van der Waals surface area contributed by atoms with E-state index in [1.807, 2.05) is 24.3 Å². The van der Waals surface area contributed by atoms with Crippen molar-refractivity contribution in [3.8, 4) is 0 Å². The molecule has 5 heteroatoms. The van der Waals surface area contributed by atoms with Crippen LogP contribution in [-0.4, -0.2) is 41.4 Å². The molecule has 1 atom stereocenters. The van der Waals surface area contributed by atoms with Crippen LogP contribution in [0, 0.1) is 5.41 Å². The zero-order chi connectivity index (χ0) is 13.1. The van der Waals surface area contributed by atoms with Gasteiger partial charge in [0.2, 0.25) is 5.95 Å². The molecule has 3 N–H and O–H groups in total. The summed E-state index contributed by atoms with van der Waals surface area (Å²) in [5.41, 5.74) is 2.03. The van der Waals surface area contributed by atoms with Crippen LogP contribution in [0.15, 0.2) is 24.3 Å². The smallest absolute Gasteiger partial charge is 0.201 e. The Hall–Kier alpha value is -1.59. The number of imidazole rings is 1. The van der Waals surface area contributed by atoms with Gasteiger partial charge in [0, 0.05) is 25.2 Å². The van der Waals surface area contributed by atoms with Gasteiger partial charge >= 0.3 is 0 Å². The van der Waals surface area contributed by atoms with Crippen LogP contribution in [0.1, 0.15) is 12.8 Å². The number of aromatic amines is 1. The molecule has 2 aromatic rings. The van der Waals surface area contributed by atoms with Crippen molar-refractivity contribution in [3.05, 3.63) is 24.3 Å². The van der Waals surface area contributed by atoms with Gasteiger partial charge in [0.1, 0.15) is 0 Å². The fourth-order valence-electron chi connectivity index (χ4n) is 2.62. The molecule has 1 aromatic carbocycles. The lowest BCUT2D eigenvalue weighted by Crippen LogP contribution is -2.31. The Labute approximate surface area is 112 Å². The third-order valence-electron chi connectivity index (χ3n) is 3.85. The second kappa shape index (κ2) is 5.19. The number of aliphatic hydroxyl groups excluding tert-OH is 1. The molecule has 3 rings (SSSR count). The van der Waals surface area contributed by atoms with Crippen LogP contribution in [0.25, 0.3) is 11.0 Å². The van der Waals surface area contributed by atoms with Crippen molar-refractivity contribution >= 4 is 17.0 Å². The first-order valence-electron chi connectivity index (χ1n) is 6.69. The van der Waals surface area contributed by atoms with Crippen molar-refractivity contribution < 1.29 is 9.84 Å². The van der Waals surface area contributed by atoms with Crippen molar-refractivity contribution in [2.75, 3.05) is 31.7 Å². The summed E-state index contributed by atoms with van der Waals surface area (Å²) in [4.78, 5) is 7.75. The van der Waals surface area contributed by atoms with Crippen LogP contribution in [0.3, 0.4) is 0 Å². The van der Waals surface area contributed by atoms with Crippen LogP contribution in [0.2, 0.25) is 0 Å². The fourth-order valence-corrected chi connectivity index (χ4v) is 2.62. The molecule has 0 spiro atoms. The van der Waals surface area contributed by atoms with Crippen LogP contribution in [-0.2, 0) is 4.74 Å². The highest BCUT2D eigenvalue weighted by atomic mass is 16.5. The summed E-state index contributed by atoms with van der Waals surface area (Å²) in [7, 11) is 0. The maximum atomic E-state index is 9.20. The highest BCUT2D eigenvalue weighted by molar-refractivity contribution is 5.77. The molecule has 0 saturated carbocycles. The third kappa shape index (κ3) is 2.57. The van der Waals surface area contributed by atoms with E-state index in [9.17, 15) is 5.11 Å². The summed E-state index contributed by atoms with van der Waals surface area (Å²) in [6, 6.07) is 7.96. The Bertz CT molecular complexity index is 513. The minimum atomic E-state index is 0.0354. The minimum absolute atomic E-state index is 0.0354. The number of hydrogen-bond acceptors (Lipinski definition) is 4. The van der Waals surface area contributed by atoms with Gasteiger partial charge < -0.3 is 20.1 Å². The number of fused-ring (bicyclic) bond motifs is 1. The van der Waals surface area contributed by atoms with Gasteiger partial charge in [-0.05, 0) is 25.0 Å². The van der Waals surface area contributed by atoms with E-state index in [1.54, 1.807) is 0 Å². The highest BCUT2D eigenvalue weighted by Crippen LogP contribution is 2.32. The number of nitrogens with one attached hydrogen (secondary N) is 2. The van der Waals surface area contributed by atoms with Crippen LogP contribution in [0.5, 0.6) is 0 Å². The quantitative estimate of drug-likeness (QED) is 0.767. The van der Waals surface area contributed by atoms with Gasteiger partial charge in [0.05, 0.1) is 17.6 Å². The zero-order valence-electron chi connectivity index (χ0n) is 10.9. The molecule has 0 radical (unpaired) electrons. The average Bonchev–Trinajstić information content (AvgIpc) is 3.03. The standard InChI is InChI=1S/C14H19N3O2/c18-7-5-14(6-8-19-10-14)9-15-13-16-11-3-1-2-4-12(11)17-13/h1-4,18H,5-10H2,(H2,15,16,17). The number of para-hydroxylation sites is 2. The number of benzene rings is 1. The Balaban J connectivity index is 1.70. The highest BCUT2D eigenvalue weighted by Gasteiger charge is 2.34. The van der Waals surface area contributed by atoms with Gasteiger partial charge in [-0.15, -0.1) is 0 Å². The van der Waals surface area contributed by atoms with E-state index in [0.29, 0.717) is 6.61 Å². The van der Waals surface area contributed by atoms with Gasteiger partial charge in [-0.25, -0.2) is 4.98 Å². The zero-order valence-corrected chi connectivity index (χ0v) is 10.9. The molecular weight excluding hydrogens is 242 g/mol. The molecule has 1 aromatic heterocycles. The number of aromatic nitrogens is 2. The second-order valence-corrected chi connectivity index (χ2v) is 5.23.